The molecular weight excluding hydrogens is 359 g/mol. The number of carboxylic acids is 1. The molecule has 0 aliphatic carbocycles. The molecule has 2 N–H and O–H groups in total. The molecule has 102 valence electrons. The summed E-state index contributed by atoms with van der Waals surface area (Å²) in [5, 5.41) is 11.6. The molecule has 6 heteroatoms. The molecule has 1 heterocycles. The van der Waals surface area contributed by atoms with E-state index in [2.05, 4.69) is 27.9 Å². The molecule has 0 spiro atoms. The van der Waals surface area contributed by atoms with Gasteiger partial charge in [-0.15, -0.1) is 0 Å². The van der Waals surface area contributed by atoms with E-state index >= 15 is 0 Å². The van der Waals surface area contributed by atoms with Crippen molar-refractivity contribution in [3.05, 3.63) is 27.3 Å². The lowest BCUT2D eigenvalue weighted by molar-refractivity contribution is -0.148. The van der Waals surface area contributed by atoms with Gasteiger partial charge in [-0.2, -0.15) is 0 Å². The third kappa shape index (κ3) is 3.66. The Morgan fingerprint density at radius 1 is 1.47 bits per heavy atom. The zero-order chi connectivity index (χ0) is 14.0. The molecule has 1 aliphatic heterocycles. The van der Waals surface area contributed by atoms with E-state index in [0.717, 1.165) is 14.8 Å². The van der Waals surface area contributed by atoms with Crippen molar-refractivity contribution in [1.29, 1.82) is 0 Å². The van der Waals surface area contributed by atoms with Crippen LogP contribution in [0, 0.1) is 16.4 Å². The molecule has 0 radical (unpaired) electrons. The van der Waals surface area contributed by atoms with Gasteiger partial charge in [0.2, 0.25) is 5.91 Å². The van der Waals surface area contributed by atoms with Crippen molar-refractivity contribution in [3.8, 4) is 0 Å². The van der Waals surface area contributed by atoms with Crippen molar-refractivity contribution in [2.24, 2.45) is 5.92 Å². The minimum absolute atomic E-state index is 0.104. The van der Waals surface area contributed by atoms with E-state index in [0.29, 0.717) is 13.1 Å². The monoisotopic (exact) mass is 374 g/mol. The van der Waals surface area contributed by atoms with Gasteiger partial charge in [0.05, 0.1) is 12.5 Å². The Hall–Kier alpha value is -1.15. The summed E-state index contributed by atoms with van der Waals surface area (Å²) in [6.45, 7) is 3.10. The summed E-state index contributed by atoms with van der Waals surface area (Å²) in [5.41, 5.74) is 1.83. The molecule has 19 heavy (non-hydrogen) atoms. The highest BCUT2D eigenvalue weighted by atomic mass is 127. The van der Waals surface area contributed by atoms with Gasteiger partial charge in [-0.3, -0.25) is 14.5 Å². The van der Waals surface area contributed by atoms with Gasteiger partial charge in [-0.1, -0.05) is 0 Å². The van der Waals surface area contributed by atoms with E-state index in [1.54, 1.807) is 0 Å². The van der Waals surface area contributed by atoms with Crippen LogP contribution in [-0.4, -0.2) is 41.5 Å². The van der Waals surface area contributed by atoms with Crippen molar-refractivity contribution < 1.29 is 14.7 Å². The van der Waals surface area contributed by atoms with Crippen LogP contribution in [0.5, 0.6) is 0 Å². The summed E-state index contributed by atoms with van der Waals surface area (Å²) in [6.07, 6.45) is 0. The fraction of sp³-hybridized carbons (Fsp3) is 0.385. The van der Waals surface area contributed by atoms with Crippen molar-refractivity contribution in [2.45, 2.75) is 6.92 Å². The second-order valence-corrected chi connectivity index (χ2v) is 5.98. The summed E-state index contributed by atoms with van der Waals surface area (Å²) in [7, 11) is 0. The zero-order valence-corrected chi connectivity index (χ0v) is 12.7. The van der Waals surface area contributed by atoms with E-state index < -0.39 is 5.97 Å². The van der Waals surface area contributed by atoms with Crippen LogP contribution in [-0.2, 0) is 9.59 Å². The maximum absolute atomic E-state index is 11.8. The third-order valence-electron chi connectivity index (χ3n) is 3.14. The van der Waals surface area contributed by atoms with Crippen LogP contribution in [0.25, 0.3) is 0 Å². The van der Waals surface area contributed by atoms with Gasteiger partial charge in [0, 0.05) is 22.3 Å². The molecule has 2 rings (SSSR count). The fourth-order valence-corrected chi connectivity index (χ4v) is 2.66. The highest BCUT2D eigenvalue weighted by molar-refractivity contribution is 14.1. The SMILES string of the molecule is Cc1cc(I)ccc1NC(=O)CN1CC(C(=O)O)C1. The number of amides is 1. The second-order valence-electron chi connectivity index (χ2n) is 4.74. The quantitative estimate of drug-likeness (QED) is 0.785. The molecule has 1 aromatic rings. The van der Waals surface area contributed by atoms with Crippen LogP contribution in [0.1, 0.15) is 5.56 Å². The highest BCUT2D eigenvalue weighted by Gasteiger charge is 2.33. The first-order valence-electron chi connectivity index (χ1n) is 5.97. The average molecular weight is 374 g/mol. The van der Waals surface area contributed by atoms with E-state index in [1.807, 2.05) is 30.0 Å². The van der Waals surface area contributed by atoms with E-state index in [-0.39, 0.29) is 18.4 Å². The van der Waals surface area contributed by atoms with E-state index in [4.69, 9.17) is 5.11 Å². The smallest absolute Gasteiger partial charge is 0.309 e. The molecule has 0 saturated carbocycles. The number of nitrogens with zero attached hydrogens (tertiary/aromatic N) is 1. The normalized spacial score (nSPS) is 15.9. The number of halogens is 1. The van der Waals surface area contributed by atoms with Crippen molar-refractivity contribution >= 4 is 40.2 Å². The Kier molecular flexibility index (Phi) is 4.41. The van der Waals surface area contributed by atoms with Crippen LogP contribution in [0.4, 0.5) is 5.69 Å². The average Bonchev–Trinajstić information content (AvgIpc) is 2.26. The number of nitrogens with one attached hydrogen (secondary N) is 1. The molecule has 1 aromatic carbocycles. The first-order valence-corrected chi connectivity index (χ1v) is 7.05. The molecule has 0 unspecified atom stereocenters. The number of aliphatic carboxylic acids is 1. The number of rotatable bonds is 4. The number of likely N-dealkylation sites (tertiary alicyclic amines) is 1. The van der Waals surface area contributed by atoms with Crippen LogP contribution in [0.3, 0.4) is 0 Å². The summed E-state index contributed by atoms with van der Waals surface area (Å²) >= 11 is 2.22. The fourth-order valence-electron chi connectivity index (χ4n) is 2.02. The van der Waals surface area contributed by atoms with Gasteiger partial charge in [0.25, 0.3) is 0 Å². The van der Waals surface area contributed by atoms with Crippen LogP contribution < -0.4 is 5.32 Å². The Labute approximate surface area is 125 Å². The maximum Gasteiger partial charge on any atom is 0.309 e. The Morgan fingerprint density at radius 2 is 2.16 bits per heavy atom. The summed E-state index contributed by atoms with van der Waals surface area (Å²) in [5.74, 6) is -1.22. The molecule has 1 aliphatic rings. The highest BCUT2D eigenvalue weighted by Crippen LogP contribution is 2.19. The van der Waals surface area contributed by atoms with Gasteiger partial charge >= 0.3 is 5.97 Å². The number of carbonyl (C=O) groups is 2. The van der Waals surface area contributed by atoms with Crippen molar-refractivity contribution in [2.75, 3.05) is 25.0 Å². The lowest BCUT2D eigenvalue weighted by atomic mass is 10.0. The number of carboxylic acid groups (broad SMARTS) is 1. The van der Waals surface area contributed by atoms with E-state index in [9.17, 15) is 9.59 Å². The lowest BCUT2D eigenvalue weighted by Crippen LogP contribution is -2.52. The molecule has 1 saturated heterocycles. The molecule has 0 bridgehead atoms. The second kappa shape index (κ2) is 5.87. The number of hydrogen-bond acceptors (Lipinski definition) is 3. The number of anilines is 1. The molecule has 1 fully saturated rings. The van der Waals surface area contributed by atoms with Crippen molar-refractivity contribution in [1.82, 2.24) is 4.90 Å². The van der Waals surface area contributed by atoms with Crippen LogP contribution in [0.2, 0.25) is 0 Å². The lowest BCUT2D eigenvalue weighted by Gasteiger charge is -2.35. The summed E-state index contributed by atoms with van der Waals surface area (Å²) in [4.78, 5) is 24.3. The molecule has 0 atom stereocenters. The summed E-state index contributed by atoms with van der Waals surface area (Å²) < 4.78 is 1.13. The number of hydrogen-bond donors (Lipinski definition) is 2. The molecule has 0 aromatic heterocycles. The van der Waals surface area contributed by atoms with Gasteiger partial charge in [0.15, 0.2) is 0 Å². The van der Waals surface area contributed by atoms with Crippen molar-refractivity contribution in [3.63, 3.8) is 0 Å². The maximum atomic E-state index is 11.8. The molecule has 5 nitrogen and oxygen atoms in total. The van der Waals surface area contributed by atoms with Crippen LogP contribution >= 0.6 is 22.6 Å². The number of benzene rings is 1. The third-order valence-corrected chi connectivity index (χ3v) is 3.81. The van der Waals surface area contributed by atoms with Gasteiger partial charge in [0.1, 0.15) is 0 Å². The number of aryl methyl sites for hydroxylation is 1. The Balaban J connectivity index is 1.84. The van der Waals surface area contributed by atoms with Gasteiger partial charge in [-0.25, -0.2) is 0 Å². The standard InChI is InChI=1S/C13H15IN2O3/c1-8-4-10(14)2-3-11(8)15-12(17)7-16-5-9(6-16)13(18)19/h2-4,9H,5-7H2,1H3,(H,15,17)(H,18,19). The van der Waals surface area contributed by atoms with E-state index in [1.165, 1.54) is 0 Å². The Bertz CT molecular complexity index is 513. The van der Waals surface area contributed by atoms with Gasteiger partial charge in [-0.05, 0) is 53.3 Å². The van der Waals surface area contributed by atoms with Crippen LogP contribution in [0.15, 0.2) is 18.2 Å². The topological polar surface area (TPSA) is 69.6 Å². The predicted octanol–water partition coefficient (Wildman–Crippen LogP) is 1.55. The molecular formula is C13H15IN2O3. The number of carbonyl (C=O) groups excluding carboxylic acids is 1. The Morgan fingerprint density at radius 3 is 2.74 bits per heavy atom. The largest absolute Gasteiger partial charge is 0.481 e. The van der Waals surface area contributed by atoms with Gasteiger partial charge < -0.3 is 10.4 Å². The predicted molar refractivity (Wildman–Crippen MR) is 80.1 cm³/mol. The zero-order valence-electron chi connectivity index (χ0n) is 10.5. The first-order chi connectivity index (χ1) is 8.95. The first kappa shape index (κ1) is 14.3. The minimum Gasteiger partial charge on any atom is -0.481 e. The molecule has 1 amide bonds. The summed E-state index contributed by atoms with van der Waals surface area (Å²) in [6, 6.07) is 5.82. The minimum atomic E-state index is -0.787.